The number of hydrogen-bond acceptors (Lipinski definition) is 6. The van der Waals surface area contributed by atoms with Crippen molar-refractivity contribution in [2.75, 3.05) is 26.2 Å². The predicted molar refractivity (Wildman–Crippen MR) is 135 cm³/mol. The Labute approximate surface area is 213 Å². The first kappa shape index (κ1) is 25.6. The summed E-state index contributed by atoms with van der Waals surface area (Å²) in [7, 11) is 0. The molecule has 0 unspecified atom stereocenters. The summed E-state index contributed by atoms with van der Waals surface area (Å²) in [6.45, 7) is 4.04. The molecule has 2 aromatic carbocycles. The first-order chi connectivity index (χ1) is 17.9. The van der Waals surface area contributed by atoms with Gasteiger partial charge in [0, 0.05) is 42.5 Å². The molecule has 0 bridgehead atoms. The van der Waals surface area contributed by atoms with E-state index in [4.69, 9.17) is 15.5 Å². The molecule has 0 saturated carbocycles. The molecule has 2 saturated heterocycles. The molecule has 0 spiro atoms. The molecule has 0 radical (unpaired) electrons. The van der Waals surface area contributed by atoms with Gasteiger partial charge in [-0.25, -0.2) is 14.6 Å². The first-order valence-electron chi connectivity index (χ1n) is 12.0. The zero-order valence-corrected chi connectivity index (χ0v) is 20.2. The molecule has 190 valence electrons. The van der Waals surface area contributed by atoms with Crippen molar-refractivity contribution in [1.29, 1.82) is 5.26 Å². The molecule has 10 nitrogen and oxygen atoms in total. The predicted octanol–water partition coefficient (Wildman–Crippen LogP) is 2.92. The lowest BCUT2D eigenvalue weighted by molar-refractivity contribution is -0.134. The number of nitriles is 1. The number of carboxylic acids is 2. The van der Waals surface area contributed by atoms with Gasteiger partial charge < -0.3 is 15.1 Å². The zero-order valence-electron chi connectivity index (χ0n) is 20.2. The number of carbonyl (C=O) groups is 3. The molecule has 2 fully saturated rings. The number of aliphatic carboxylic acids is 2. The molecule has 1 aromatic heterocycles. The third-order valence-electron chi connectivity index (χ3n) is 6.54. The smallest absolute Gasteiger partial charge is 0.328 e. The SMILES string of the molecule is N#Cc1ccc2c(c1)ncn2-c1ccc(C(=O)N2CC[C@H](N3CCCC3)C2)cc1.O=C(O)C=CC(=O)O. The molecule has 2 aliphatic heterocycles. The van der Waals surface area contributed by atoms with Gasteiger partial charge in [0.1, 0.15) is 6.33 Å². The van der Waals surface area contributed by atoms with Crippen molar-refractivity contribution in [3.63, 3.8) is 0 Å². The van der Waals surface area contributed by atoms with Crippen LogP contribution in [0.15, 0.2) is 60.9 Å². The van der Waals surface area contributed by atoms with Crippen LogP contribution in [0.2, 0.25) is 0 Å². The van der Waals surface area contributed by atoms with Crippen molar-refractivity contribution in [2.45, 2.75) is 25.3 Å². The van der Waals surface area contributed by atoms with Crippen LogP contribution in [0.25, 0.3) is 16.7 Å². The summed E-state index contributed by atoms with van der Waals surface area (Å²) in [6.07, 6.45) is 6.52. The average Bonchev–Trinajstić information content (AvgIpc) is 3.67. The number of imidazole rings is 1. The number of amides is 1. The fourth-order valence-corrected chi connectivity index (χ4v) is 4.71. The Morgan fingerprint density at radius 1 is 0.973 bits per heavy atom. The third kappa shape index (κ3) is 6.20. The molecular weight excluding hydrogens is 474 g/mol. The van der Waals surface area contributed by atoms with E-state index in [2.05, 4.69) is 16.0 Å². The van der Waals surface area contributed by atoms with Crippen LogP contribution in [0.5, 0.6) is 0 Å². The summed E-state index contributed by atoms with van der Waals surface area (Å²) in [4.78, 5) is 41.0. The molecule has 1 atom stereocenters. The first-order valence-corrected chi connectivity index (χ1v) is 12.0. The van der Waals surface area contributed by atoms with Crippen LogP contribution in [0.3, 0.4) is 0 Å². The Kier molecular flexibility index (Phi) is 7.95. The maximum atomic E-state index is 12.9. The molecule has 3 heterocycles. The Hall–Kier alpha value is -4.49. The largest absolute Gasteiger partial charge is 0.478 e. The summed E-state index contributed by atoms with van der Waals surface area (Å²) in [5, 5.41) is 24.7. The summed E-state index contributed by atoms with van der Waals surface area (Å²) in [6, 6.07) is 15.9. The standard InChI is InChI=1S/C23H23N5O.C4H4O4/c24-14-17-3-8-22-21(13-17)25-16-28(22)19-6-4-18(5-7-19)23(29)27-12-9-20(15-27)26-10-1-2-11-26;5-3(6)1-2-4(7)8/h3-8,13,16,20H,1-2,9-12,15H2;1-2H,(H,5,6)(H,7,8)/t20-;/m0./s1. The second-order valence-electron chi connectivity index (χ2n) is 8.92. The summed E-state index contributed by atoms with van der Waals surface area (Å²) in [5.74, 6) is -2.40. The van der Waals surface area contributed by atoms with Crippen LogP contribution in [0.4, 0.5) is 0 Å². The zero-order chi connectivity index (χ0) is 26.4. The normalized spacial score (nSPS) is 17.5. The summed E-state index contributed by atoms with van der Waals surface area (Å²) < 4.78 is 1.98. The minimum Gasteiger partial charge on any atom is -0.478 e. The molecule has 10 heteroatoms. The van der Waals surface area contributed by atoms with E-state index in [1.54, 1.807) is 18.5 Å². The van der Waals surface area contributed by atoms with Gasteiger partial charge >= 0.3 is 11.9 Å². The van der Waals surface area contributed by atoms with Crippen LogP contribution in [0.1, 0.15) is 35.2 Å². The van der Waals surface area contributed by atoms with E-state index in [9.17, 15) is 14.4 Å². The Morgan fingerprint density at radius 2 is 1.65 bits per heavy atom. The molecular formula is C27H27N5O5. The van der Waals surface area contributed by atoms with Crippen LogP contribution in [-0.4, -0.2) is 79.6 Å². The van der Waals surface area contributed by atoms with Crippen molar-refractivity contribution in [2.24, 2.45) is 0 Å². The number of hydrogen-bond donors (Lipinski definition) is 2. The minimum absolute atomic E-state index is 0.118. The highest BCUT2D eigenvalue weighted by Gasteiger charge is 2.31. The van der Waals surface area contributed by atoms with Crippen LogP contribution in [0, 0.1) is 11.3 Å². The van der Waals surface area contributed by atoms with Crippen molar-refractivity contribution in [3.8, 4) is 11.8 Å². The fourth-order valence-electron chi connectivity index (χ4n) is 4.71. The second-order valence-corrected chi connectivity index (χ2v) is 8.92. The van der Waals surface area contributed by atoms with Gasteiger partial charge in [-0.05, 0) is 74.8 Å². The van der Waals surface area contributed by atoms with E-state index >= 15 is 0 Å². The van der Waals surface area contributed by atoms with E-state index < -0.39 is 11.9 Å². The molecule has 3 aromatic rings. The maximum absolute atomic E-state index is 12.9. The van der Waals surface area contributed by atoms with Gasteiger partial charge in [-0.15, -0.1) is 0 Å². The highest BCUT2D eigenvalue weighted by atomic mass is 16.4. The Bertz CT molecular complexity index is 1350. The summed E-state index contributed by atoms with van der Waals surface area (Å²) >= 11 is 0. The Balaban J connectivity index is 0.000000349. The lowest BCUT2D eigenvalue weighted by Gasteiger charge is -2.23. The van der Waals surface area contributed by atoms with E-state index in [0.29, 0.717) is 23.8 Å². The van der Waals surface area contributed by atoms with Gasteiger partial charge in [0.05, 0.1) is 22.7 Å². The summed E-state index contributed by atoms with van der Waals surface area (Å²) in [5.41, 5.74) is 4.00. The number of aromatic nitrogens is 2. The molecule has 5 rings (SSSR count). The van der Waals surface area contributed by atoms with E-state index in [1.165, 1.54) is 25.9 Å². The lowest BCUT2D eigenvalue weighted by atomic mass is 10.1. The lowest BCUT2D eigenvalue weighted by Crippen LogP contribution is -2.37. The van der Waals surface area contributed by atoms with Gasteiger partial charge in [-0.1, -0.05) is 0 Å². The fraction of sp³-hybridized carbons (Fsp3) is 0.296. The van der Waals surface area contributed by atoms with Crippen molar-refractivity contribution < 1.29 is 24.6 Å². The number of benzene rings is 2. The number of fused-ring (bicyclic) bond motifs is 1. The van der Waals surface area contributed by atoms with Gasteiger partial charge in [0.15, 0.2) is 0 Å². The van der Waals surface area contributed by atoms with Gasteiger partial charge in [-0.3, -0.25) is 14.3 Å². The molecule has 2 N–H and O–H groups in total. The number of likely N-dealkylation sites (tertiary alicyclic amines) is 2. The van der Waals surface area contributed by atoms with Crippen molar-refractivity contribution in [3.05, 3.63) is 72.1 Å². The van der Waals surface area contributed by atoms with Gasteiger partial charge in [0.25, 0.3) is 5.91 Å². The number of nitrogens with zero attached hydrogens (tertiary/aromatic N) is 5. The number of rotatable bonds is 5. The third-order valence-corrected chi connectivity index (χ3v) is 6.54. The molecule has 1 amide bonds. The molecule has 0 aliphatic carbocycles. The van der Waals surface area contributed by atoms with Gasteiger partial charge in [-0.2, -0.15) is 5.26 Å². The van der Waals surface area contributed by atoms with Crippen LogP contribution in [-0.2, 0) is 9.59 Å². The highest BCUT2D eigenvalue weighted by Crippen LogP contribution is 2.23. The monoisotopic (exact) mass is 501 g/mol. The average molecular weight is 502 g/mol. The van der Waals surface area contributed by atoms with Crippen LogP contribution < -0.4 is 0 Å². The minimum atomic E-state index is -1.26. The number of carboxylic acid groups (broad SMARTS) is 2. The van der Waals surface area contributed by atoms with E-state index in [-0.39, 0.29) is 5.91 Å². The van der Waals surface area contributed by atoms with Crippen molar-refractivity contribution >= 4 is 28.9 Å². The quantitative estimate of drug-likeness (QED) is 0.509. The molecule has 37 heavy (non-hydrogen) atoms. The van der Waals surface area contributed by atoms with Crippen LogP contribution >= 0.6 is 0 Å². The second kappa shape index (κ2) is 11.5. The van der Waals surface area contributed by atoms with E-state index in [0.717, 1.165) is 41.8 Å². The highest BCUT2D eigenvalue weighted by molar-refractivity contribution is 5.94. The topological polar surface area (TPSA) is 140 Å². The molecule has 2 aliphatic rings. The Morgan fingerprint density at radius 3 is 2.27 bits per heavy atom. The van der Waals surface area contributed by atoms with E-state index in [1.807, 2.05) is 39.8 Å². The van der Waals surface area contributed by atoms with Gasteiger partial charge in [0.2, 0.25) is 0 Å². The number of carbonyl (C=O) groups excluding carboxylic acids is 1. The van der Waals surface area contributed by atoms with Crippen molar-refractivity contribution in [1.82, 2.24) is 19.4 Å². The maximum Gasteiger partial charge on any atom is 0.328 e.